The monoisotopic (exact) mass is 253 g/mol. The Bertz CT molecular complexity index is 377. The minimum Gasteiger partial charge on any atom is -0.352 e. The lowest BCUT2D eigenvalue weighted by atomic mass is 10.2. The molecule has 0 amide bonds. The van der Waals surface area contributed by atoms with Gasteiger partial charge in [-0.2, -0.15) is 0 Å². The fourth-order valence-electron chi connectivity index (χ4n) is 1.88. The van der Waals surface area contributed by atoms with E-state index in [2.05, 4.69) is 10.3 Å². The quantitative estimate of drug-likeness (QED) is 0.845. The van der Waals surface area contributed by atoms with Crippen LogP contribution < -0.4 is 10.2 Å². The average molecular weight is 253 g/mol. The number of rotatable bonds is 6. The second kappa shape index (κ2) is 6.69. The molecule has 0 aromatic carbocycles. The van der Waals surface area contributed by atoms with E-state index in [4.69, 9.17) is 0 Å². The number of hydrogen-bond acceptors (Lipinski definition) is 3. The molecule has 1 N–H and O–H groups in total. The van der Waals surface area contributed by atoms with E-state index >= 15 is 0 Å². The fourth-order valence-corrected chi connectivity index (χ4v) is 1.88. The Morgan fingerprint density at radius 1 is 1.33 bits per heavy atom. The van der Waals surface area contributed by atoms with Gasteiger partial charge in [0.1, 0.15) is 0 Å². The molecule has 102 valence electrons. The lowest BCUT2D eigenvalue weighted by Gasteiger charge is -2.27. The summed E-state index contributed by atoms with van der Waals surface area (Å²) in [6.07, 6.45) is 1.68. The number of aromatic nitrogens is 1. The van der Waals surface area contributed by atoms with Crippen LogP contribution in [0.4, 0.5) is 10.2 Å². The summed E-state index contributed by atoms with van der Waals surface area (Å²) in [5.41, 5.74) is 0.674. The highest BCUT2D eigenvalue weighted by molar-refractivity contribution is 5.43. The fraction of sp³-hybridized carbons (Fsp3) is 0.643. The van der Waals surface area contributed by atoms with E-state index in [1.165, 1.54) is 0 Å². The summed E-state index contributed by atoms with van der Waals surface area (Å²) >= 11 is 0. The summed E-state index contributed by atoms with van der Waals surface area (Å²) in [7, 11) is 0. The smallest absolute Gasteiger partial charge is 0.170 e. The number of pyridine rings is 1. The summed E-state index contributed by atoms with van der Waals surface area (Å²) in [6, 6.07) is 2.32. The Labute approximate surface area is 109 Å². The zero-order valence-electron chi connectivity index (χ0n) is 12.0. The Morgan fingerprint density at radius 3 is 2.50 bits per heavy atom. The predicted octanol–water partition coefficient (Wildman–Crippen LogP) is 2.95. The summed E-state index contributed by atoms with van der Waals surface area (Å²) in [6.45, 7) is 11.5. The van der Waals surface area contributed by atoms with Gasteiger partial charge in [-0.15, -0.1) is 0 Å². The Hall–Kier alpha value is -1.16. The number of hydrogen-bond donors (Lipinski definition) is 1. The van der Waals surface area contributed by atoms with Crippen LogP contribution in [0.5, 0.6) is 0 Å². The van der Waals surface area contributed by atoms with Gasteiger partial charge in [-0.05, 0) is 26.8 Å². The van der Waals surface area contributed by atoms with E-state index in [0.29, 0.717) is 24.0 Å². The van der Waals surface area contributed by atoms with E-state index in [-0.39, 0.29) is 11.9 Å². The Morgan fingerprint density at radius 2 is 2.00 bits per heavy atom. The maximum Gasteiger partial charge on any atom is 0.170 e. The number of halogens is 1. The zero-order chi connectivity index (χ0) is 13.7. The van der Waals surface area contributed by atoms with Crippen LogP contribution >= 0.6 is 0 Å². The molecule has 0 saturated heterocycles. The van der Waals surface area contributed by atoms with E-state index in [1.807, 2.05) is 39.5 Å². The first-order chi connectivity index (χ1) is 8.47. The number of nitrogens with one attached hydrogen (secondary N) is 1. The molecule has 0 radical (unpaired) electrons. The van der Waals surface area contributed by atoms with E-state index in [9.17, 15) is 4.39 Å². The summed E-state index contributed by atoms with van der Waals surface area (Å²) in [4.78, 5) is 6.15. The van der Waals surface area contributed by atoms with Crippen molar-refractivity contribution in [2.24, 2.45) is 0 Å². The molecular formula is C14H24FN3. The summed E-state index contributed by atoms with van der Waals surface area (Å²) < 4.78 is 14.4. The average Bonchev–Trinajstić information content (AvgIpc) is 2.30. The summed E-state index contributed by atoms with van der Waals surface area (Å²) in [5, 5.41) is 3.23. The molecule has 0 fully saturated rings. The second-order valence-electron chi connectivity index (χ2n) is 5.02. The Kier molecular flexibility index (Phi) is 5.54. The van der Waals surface area contributed by atoms with Crippen LogP contribution in [0, 0.1) is 5.82 Å². The molecule has 0 bridgehead atoms. The van der Waals surface area contributed by atoms with Crippen molar-refractivity contribution < 1.29 is 4.39 Å². The van der Waals surface area contributed by atoms with Gasteiger partial charge in [0.25, 0.3) is 0 Å². The molecule has 0 saturated carbocycles. The molecule has 1 aromatic rings. The normalized spacial score (nSPS) is 11.3. The molecule has 0 aliphatic rings. The van der Waals surface area contributed by atoms with Gasteiger partial charge in [-0.25, -0.2) is 9.37 Å². The van der Waals surface area contributed by atoms with Crippen molar-refractivity contribution in [1.29, 1.82) is 0 Å². The second-order valence-corrected chi connectivity index (χ2v) is 5.02. The van der Waals surface area contributed by atoms with Gasteiger partial charge in [0.05, 0.1) is 0 Å². The van der Waals surface area contributed by atoms with Crippen LogP contribution in [0.1, 0.15) is 40.2 Å². The van der Waals surface area contributed by atoms with Crippen LogP contribution in [-0.4, -0.2) is 23.6 Å². The lowest BCUT2D eigenvalue weighted by Crippen LogP contribution is -2.32. The molecule has 0 atom stereocenters. The minimum atomic E-state index is -0.207. The lowest BCUT2D eigenvalue weighted by molar-refractivity contribution is 0.543. The predicted molar refractivity (Wildman–Crippen MR) is 74.3 cm³/mol. The van der Waals surface area contributed by atoms with Crippen LogP contribution in [0.2, 0.25) is 0 Å². The molecule has 18 heavy (non-hydrogen) atoms. The van der Waals surface area contributed by atoms with Crippen LogP contribution in [0.25, 0.3) is 0 Å². The van der Waals surface area contributed by atoms with Gasteiger partial charge in [0.2, 0.25) is 0 Å². The summed E-state index contributed by atoms with van der Waals surface area (Å²) in [5.74, 6) is 0.247. The third-order valence-electron chi connectivity index (χ3n) is 2.89. The standard InChI is InChI=1S/C14H24FN3/c1-6-18(11(4)5)14-13(15)12(7-8-16-14)9-17-10(2)3/h7-8,10-11,17H,6,9H2,1-5H3. The zero-order valence-corrected chi connectivity index (χ0v) is 12.0. The molecule has 4 heteroatoms. The third-order valence-corrected chi connectivity index (χ3v) is 2.89. The highest BCUT2D eigenvalue weighted by atomic mass is 19.1. The third kappa shape index (κ3) is 3.67. The van der Waals surface area contributed by atoms with E-state index in [1.54, 1.807) is 12.3 Å². The number of nitrogens with zero attached hydrogens (tertiary/aromatic N) is 2. The van der Waals surface area contributed by atoms with Gasteiger partial charge in [0, 0.05) is 36.9 Å². The molecule has 1 aromatic heterocycles. The van der Waals surface area contributed by atoms with Crippen molar-refractivity contribution >= 4 is 5.82 Å². The molecule has 0 aliphatic heterocycles. The van der Waals surface area contributed by atoms with Gasteiger partial charge in [0.15, 0.2) is 11.6 Å². The van der Waals surface area contributed by atoms with Crippen molar-refractivity contribution in [2.75, 3.05) is 11.4 Å². The van der Waals surface area contributed by atoms with Gasteiger partial charge < -0.3 is 10.2 Å². The molecular weight excluding hydrogens is 229 g/mol. The molecule has 0 unspecified atom stereocenters. The maximum atomic E-state index is 14.4. The minimum absolute atomic E-state index is 0.207. The van der Waals surface area contributed by atoms with E-state index < -0.39 is 0 Å². The first-order valence-electron chi connectivity index (χ1n) is 6.60. The van der Waals surface area contributed by atoms with Crippen molar-refractivity contribution in [2.45, 2.75) is 53.2 Å². The molecule has 0 aliphatic carbocycles. The van der Waals surface area contributed by atoms with Crippen molar-refractivity contribution in [3.63, 3.8) is 0 Å². The molecule has 1 heterocycles. The van der Waals surface area contributed by atoms with Crippen LogP contribution in [-0.2, 0) is 6.54 Å². The van der Waals surface area contributed by atoms with Gasteiger partial charge >= 0.3 is 0 Å². The van der Waals surface area contributed by atoms with Gasteiger partial charge in [-0.1, -0.05) is 13.8 Å². The maximum absolute atomic E-state index is 14.4. The first kappa shape index (κ1) is 14.9. The van der Waals surface area contributed by atoms with Crippen molar-refractivity contribution in [3.8, 4) is 0 Å². The highest BCUT2D eigenvalue weighted by Crippen LogP contribution is 2.21. The molecule has 1 rings (SSSR count). The Balaban J connectivity index is 2.97. The SMILES string of the molecule is CCN(c1nccc(CNC(C)C)c1F)C(C)C. The van der Waals surface area contributed by atoms with Crippen molar-refractivity contribution in [3.05, 3.63) is 23.6 Å². The molecule has 3 nitrogen and oxygen atoms in total. The van der Waals surface area contributed by atoms with Crippen LogP contribution in [0.3, 0.4) is 0 Å². The highest BCUT2D eigenvalue weighted by Gasteiger charge is 2.17. The van der Waals surface area contributed by atoms with Gasteiger partial charge in [-0.3, -0.25) is 0 Å². The van der Waals surface area contributed by atoms with Crippen molar-refractivity contribution in [1.82, 2.24) is 10.3 Å². The van der Waals surface area contributed by atoms with E-state index in [0.717, 1.165) is 6.54 Å². The first-order valence-corrected chi connectivity index (χ1v) is 6.60. The largest absolute Gasteiger partial charge is 0.352 e. The topological polar surface area (TPSA) is 28.2 Å². The van der Waals surface area contributed by atoms with Crippen LogP contribution in [0.15, 0.2) is 12.3 Å². The number of anilines is 1. The molecule has 0 spiro atoms.